The number of carbonyl (C=O) groups excluding carboxylic acids is 2. The third-order valence-electron chi connectivity index (χ3n) is 10.6. The van der Waals surface area contributed by atoms with E-state index in [1.807, 2.05) is 39.4 Å². The van der Waals surface area contributed by atoms with E-state index in [0.717, 1.165) is 38.5 Å². The van der Waals surface area contributed by atoms with Crippen molar-refractivity contribution < 1.29 is 57.4 Å². The second-order valence-corrected chi connectivity index (χ2v) is 18.5. The molecule has 7 atom stereocenters. The normalized spacial score (nSPS) is 20.9. The van der Waals surface area contributed by atoms with Crippen LogP contribution in [0.3, 0.4) is 0 Å². The number of aliphatic hydroxyl groups is 3. The van der Waals surface area contributed by atoms with Crippen LogP contribution < -0.4 is 0 Å². The van der Waals surface area contributed by atoms with Gasteiger partial charge in [0.25, 0.3) is 0 Å². The zero-order valence-electron chi connectivity index (χ0n) is 36.4. The van der Waals surface area contributed by atoms with Gasteiger partial charge in [0.15, 0.2) is 6.10 Å². The second-order valence-electron chi connectivity index (χ2n) is 17.1. The Hall–Kier alpha value is -1.63. The van der Waals surface area contributed by atoms with E-state index in [4.69, 9.17) is 18.5 Å². The number of likely N-dealkylation sites (N-methyl/N-ethyl adjacent to an activating group) is 1. The minimum Gasteiger partial charge on any atom is -0.462 e. The first-order chi connectivity index (χ1) is 27.2. The fourth-order valence-corrected chi connectivity index (χ4v) is 7.69. The number of carbonyl (C=O) groups is 2. The van der Waals surface area contributed by atoms with Crippen molar-refractivity contribution in [3.63, 3.8) is 0 Å². The van der Waals surface area contributed by atoms with Crippen molar-refractivity contribution in [2.45, 2.75) is 186 Å². The summed E-state index contributed by atoms with van der Waals surface area (Å²) in [6.07, 6.45) is 26.0. The van der Waals surface area contributed by atoms with Crippen LogP contribution in [0.25, 0.3) is 0 Å². The van der Waals surface area contributed by atoms with Gasteiger partial charge in [0.2, 0.25) is 0 Å². The fourth-order valence-electron chi connectivity index (χ4n) is 6.95. The van der Waals surface area contributed by atoms with Gasteiger partial charge in [-0.15, -0.1) is 0 Å². The van der Waals surface area contributed by atoms with Crippen LogP contribution in [0.4, 0.5) is 0 Å². The Balaban J connectivity index is 2.52. The van der Waals surface area contributed by atoms with Gasteiger partial charge in [0.1, 0.15) is 19.8 Å². The summed E-state index contributed by atoms with van der Waals surface area (Å²) < 4.78 is 34.2. The summed E-state index contributed by atoms with van der Waals surface area (Å²) in [4.78, 5) is 35.5. The van der Waals surface area contributed by atoms with Crippen LogP contribution >= 0.6 is 7.82 Å². The molecule has 1 aliphatic carbocycles. The molecule has 0 amide bonds. The number of quaternary nitrogens is 1. The highest BCUT2D eigenvalue weighted by Gasteiger charge is 2.39. The smallest absolute Gasteiger partial charge is 0.462 e. The van der Waals surface area contributed by atoms with Crippen molar-refractivity contribution in [1.82, 2.24) is 0 Å². The number of nitrogens with zero attached hydrogens (tertiary/aromatic N) is 1. The number of phosphoric acid groups is 1. The number of aliphatic hydroxyl groups excluding tert-OH is 3. The molecule has 0 aliphatic heterocycles. The summed E-state index contributed by atoms with van der Waals surface area (Å²) in [6.45, 7) is 4.04. The Labute approximate surface area is 346 Å². The SMILES string of the molecule is CCCCCCCCCCCCCCCC(=O)OC[C@H](COP(=O)(O)OCC[N+](C)(C)C)OC(=O)CCC/C=C\CC1C(O)CC(O)C1/C=C/C(O)CCCCC. The number of esters is 2. The summed E-state index contributed by atoms with van der Waals surface area (Å²) in [7, 11) is 1.33. The quantitative estimate of drug-likeness (QED) is 0.0157. The first kappa shape index (κ1) is 53.4. The number of phosphoric ester groups is 1. The maximum absolute atomic E-state index is 12.8. The van der Waals surface area contributed by atoms with Gasteiger partial charge in [0, 0.05) is 25.2 Å². The molecule has 0 saturated heterocycles. The number of rotatable bonds is 36. The highest BCUT2D eigenvalue weighted by molar-refractivity contribution is 7.47. The Morgan fingerprint density at radius 2 is 1.33 bits per heavy atom. The topological polar surface area (TPSA) is 169 Å². The monoisotopic (exact) mass is 833 g/mol. The van der Waals surface area contributed by atoms with Crippen LogP contribution in [0.1, 0.15) is 162 Å². The predicted molar refractivity (Wildman–Crippen MR) is 226 cm³/mol. The molecular formula is C44H83NO11P+. The largest absolute Gasteiger partial charge is 0.472 e. The highest BCUT2D eigenvalue weighted by atomic mass is 31.2. The van der Waals surface area contributed by atoms with Crippen LogP contribution in [0.5, 0.6) is 0 Å². The van der Waals surface area contributed by atoms with Gasteiger partial charge >= 0.3 is 19.8 Å². The zero-order chi connectivity index (χ0) is 42.4. The van der Waals surface area contributed by atoms with E-state index in [9.17, 15) is 34.4 Å². The Kier molecular flexibility index (Phi) is 30.1. The molecule has 1 rings (SSSR count). The molecule has 1 fully saturated rings. The lowest BCUT2D eigenvalue weighted by molar-refractivity contribution is -0.870. The van der Waals surface area contributed by atoms with Gasteiger partial charge in [-0.2, -0.15) is 0 Å². The molecule has 0 heterocycles. The molecular weight excluding hydrogens is 749 g/mol. The molecule has 0 aromatic rings. The molecule has 57 heavy (non-hydrogen) atoms. The van der Waals surface area contributed by atoms with E-state index in [1.54, 1.807) is 6.08 Å². The standard InChI is InChI=1S/C44H82NO11P/c1-6-8-10-11-12-13-14-15-16-17-18-19-24-28-43(49)53-35-38(36-55-57(51,52)54-33-32-45(3,4)5)56-44(50)29-25-21-20-23-27-39-40(42(48)34-41(39)47)31-30-37(46)26-22-9-7-2/h20,23,30-31,37-42,46-48H,6-19,21-22,24-29,32-36H2,1-5H3/p+1/b23-20-,31-30+/t37?,38-,39?,40?,41?,42?/m1/s1. The minimum absolute atomic E-state index is 0.0107. The number of unbranched alkanes of at least 4 members (excludes halogenated alkanes) is 15. The number of hydrogen-bond acceptors (Lipinski definition) is 10. The number of ether oxygens (including phenoxy) is 2. The average molecular weight is 833 g/mol. The van der Waals surface area contributed by atoms with Crippen molar-refractivity contribution in [3.8, 4) is 0 Å². The summed E-state index contributed by atoms with van der Waals surface area (Å²) in [5.41, 5.74) is 0. The van der Waals surface area contributed by atoms with Gasteiger partial charge in [-0.25, -0.2) is 4.57 Å². The second kappa shape index (κ2) is 32.2. The first-order valence-corrected chi connectivity index (χ1v) is 23.8. The van der Waals surface area contributed by atoms with Crippen LogP contribution in [-0.2, 0) is 32.7 Å². The summed E-state index contributed by atoms with van der Waals surface area (Å²) >= 11 is 0. The van der Waals surface area contributed by atoms with Crippen molar-refractivity contribution in [2.24, 2.45) is 11.8 Å². The van der Waals surface area contributed by atoms with Crippen molar-refractivity contribution in [1.29, 1.82) is 0 Å². The molecule has 13 heteroatoms. The van der Waals surface area contributed by atoms with Gasteiger partial charge in [-0.3, -0.25) is 18.6 Å². The van der Waals surface area contributed by atoms with Crippen LogP contribution in [0.15, 0.2) is 24.3 Å². The molecule has 6 unspecified atom stereocenters. The van der Waals surface area contributed by atoms with Gasteiger partial charge in [-0.1, -0.05) is 134 Å². The van der Waals surface area contributed by atoms with Crippen LogP contribution in [0, 0.1) is 11.8 Å². The van der Waals surface area contributed by atoms with E-state index < -0.39 is 50.8 Å². The molecule has 0 spiro atoms. The molecule has 12 nitrogen and oxygen atoms in total. The Morgan fingerprint density at radius 1 is 0.754 bits per heavy atom. The molecule has 0 aromatic heterocycles. The van der Waals surface area contributed by atoms with Crippen molar-refractivity contribution >= 4 is 19.8 Å². The van der Waals surface area contributed by atoms with E-state index in [1.165, 1.54) is 57.8 Å². The maximum atomic E-state index is 12.8. The van der Waals surface area contributed by atoms with E-state index in [0.29, 0.717) is 49.6 Å². The highest BCUT2D eigenvalue weighted by Crippen LogP contribution is 2.43. The van der Waals surface area contributed by atoms with Crippen molar-refractivity contribution in [2.75, 3.05) is 47.5 Å². The third kappa shape index (κ3) is 29.3. The Bertz CT molecular complexity index is 1140. The number of hydrogen-bond donors (Lipinski definition) is 4. The van der Waals surface area contributed by atoms with E-state index in [2.05, 4.69) is 13.8 Å². The summed E-state index contributed by atoms with van der Waals surface area (Å²) in [5, 5.41) is 31.4. The fraction of sp³-hybridized carbons (Fsp3) is 0.864. The average Bonchev–Trinajstić information content (AvgIpc) is 3.41. The molecule has 0 radical (unpaired) electrons. The zero-order valence-corrected chi connectivity index (χ0v) is 37.3. The molecule has 0 bridgehead atoms. The third-order valence-corrected chi connectivity index (χ3v) is 11.5. The van der Waals surface area contributed by atoms with Gasteiger partial charge in [0.05, 0.1) is 46.1 Å². The molecule has 0 aromatic carbocycles. The lowest BCUT2D eigenvalue weighted by atomic mass is 9.89. The molecule has 1 saturated carbocycles. The summed E-state index contributed by atoms with van der Waals surface area (Å²) in [6, 6.07) is 0. The minimum atomic E-state index is -4.44. The first-order valence-electron chi connectivity index (χ1n) is 22.3. The van der Waals surface area contributed by atoms with E-state index >= 15 is 0 Å². The molecule has 334 valence electrons. The lowest BCUT2D eigenvalue weighted by Crippen LogP contribution is -2.37. The van der Waals surface area contributed by atoms with Crippen LogP contribution in [-0.4, -0.2) is 109 Å². The molecule has 1 aliphatic rings. The van der Waals surface area contributed by atoms with E-state index in [-0.39, 0.29) is 37.9 Å². The maximum Gasteiger partial charge on any atom is 0.472 e. The molecule has 4 N–H and O–H groups in total. The van der Waals surface area contributed by atoms with Gasteiger partial charge in [-0.05, 0) is 38.0 Å². The summed E-state index contributed by atoms with van der Waals surface area (Å²) in [5.74, 6) is -1.40. The Morgan fingerprint density at radius 3 is 1.95 bits per heavy atom. The van der Waals surface area contributed by atoms with Gasteiger partial charge < -0.3 is 34.2 Å². The van der Waals surface area contributed by atoms with Crippen LogP contribution in [0.2, 0.25) is 0 Å². The lowest BCUT2D eigenvalue weighted by Gasteiger charge is -2.24. The number of allylic oxidation sites excluding steroid dienone is 2. The van der Waals surface area contributed by atoms with Crippen molar-refractivity contribution in [3.05, 3.63) is 24.3 Å². The predicted octanol–water partition coefficient (Wildman–Crippen LogP) is 8.73.